The molecule has 0 spiro atoms. The lowest BCUT2D eigenvalue weighted by Gasteiger charge is -2.00. The van der Waals surface area contributed by atoms with Gasteiger partial charge < -0.3 is 14.6 Å². The van der Waals surface area contributed by atoms with Gasteiger partial charge in [0.15, 0.2) is 5.82 Å². The quantitative estimate of drug-likeness (QED) is 0.692. The predicted octanol–water partition coefficient (Wildman–Crippen LogP) is 1.32. The molecule has 1 aromatic rings. The maximum atomic E-state index is 5.10. The highest BCUT2D eigenvalue weighted by Crippen LogP contribution is 2.14. The number of aromatic nitrogens is 2. The number of nitrogens with zero attached hydrogens (tertiary/aromatic N) is 2. The van der Waals surface area contributed by atoms with Crippen molar-refractivity contribution in [2.45, 2.75) is 32.7 Å². The Bertz CT molecular complexity index is 275. The van der Waals surface area contributed by atoms with Crippen LogP contribution in [0.1, 0.15) is 37.9 Å². The molecule has 0 fully saturated rings. The van der Waals surface area contributed by atoms with Gasteiger partial charge in [0.2, 0.25) is 5.89 Å². The molecule has 0 saturated heterocycles. The average Bonchev–Trinajstić information content (AvgIpc) is 2.72. The van der Waals surface area contributed by atoms with Crippen LogP contribution in [0.3, 0.4) is 0 Å². The number of rotatable bonds is 7. The molecule has 0 amide bonds. The lowest BCUT2D eigenvalue weighted by molar-refractivity contribution is 0.197. The summed E-state index contributed by atoms with van der Waals surface area (Å²) in [5.74, 6) is 1.80. The van der Waals surface area contributed by atoms with Gasteiger partial charge in [0, 0.05) is 19.6 Å². The van der Waals surface area contributed by atoms with E-state index in [1.54, 1.807) is 7.11 Å². The van der Waals surface area contributed by atoms with Crippen molar-refractivity contribution in [3.63, 3.8) is 0 Å². The average molecular weight is 213 g/mol. The second-order valence-electron chi connectivity index (χ2n) is 3.53. The van der Waals surface area contributed by atoms with Crippen LogP contribution in [0.4, 0.5) is 0 Å². The fraction of sp³-hybridized carbons (Fsp3) is 0.800. The second-order valence-corrected chi connectivity index (χ2v) is 3.53. The van der Waals surface area contributed by atoms with Crippen LogP contribution in [0.25, 0.3) is 0 Å². The van der Waals surface area contributed by atoms with Gasteiger partial charge in [0.25, 0.3) is 0 Å². The van der Waals surface area contributed by atoms with Gasteiger partial charge in [-0.3, -0.25) is 0 Å². The minimum Gasteiger partial charge on any atom is -0.383 e. The van der Waals surface area contributed by atoms with Gasteiger partial charge in [-0.1, -0.05) is 19.0 Å². The third kappa shape index (κ3) is 3.97. The summed E-state index contributed by atoms with van der Waals surface area (Å²) < 4.78 is 10.0. The van der Waals surface area contributed by atoms with E-state index in [1.807, 2.05) is 0 Å². The van der Waals surface area contributed by atoms with Crippen LogP contribution in [0.5, 0.6) is 0 Å². The molecule has 5 heteroatoms. The summed E-state index contributed by atoms with van der Waals surface area (Å²) >= 11 is 0. The highest BCUT2D eigenvalue weighted by molar-refractivity contribution is 4.92. The van der Waals surface area contributed by atoms with E-state index in [-0.39, 0.29) is 0 Å². The van der Waals surface area contributed by atoms with Crippen molar-refractivity contribution in [2.24, 2.45) is 0 Å². The normalized spacial score (nSPS) is 13.0. The first-order valence-electron chi connectivity index (χ1n) is 5.30. The zero-order chi connectivity index (χ0) is 11.1. The molecule has 0 saturated carbocycles. The Morgan fingerprint density at radius 1 is 1.53 bits per heavy atom. The van der Waals surface area contributed by atoms with Crippen LogP contribution in [0.2, 0.25) is 0 Å². The Morgan fingerprint density at radius 3 is 3.00 bits per heavy atom. The maximum absolute atomic E-state index is 5.10. The van der Waals surface area contributed by atoms with E-state index < -0.39 is 0 Å². The minimum absolute atomic E-state index is 0.362. The SMILES string of the molecule is CCC(C)c1noc(CNCCOC)n1. The molecule has 15 heavy (non-hydrogen) atoms. The van der Waals surface area contributed by atoms with Gasteiger partial charge >= 0.3 is 0 Å². The molecule has 1 atom stereocenters. The highest BCUT2D eigenvalue weighted by Gasteiger charge is 2.11. The number of nitrogens with one attached hydrogen (secondary N) is 1. The van der Waals surface area contributed by atoms with Crippen molar-refractivity contribution in [3.05, 3.63) is 11.7 Å². The van der Waals surface area contributed by atoms with E-state index in [0.717, 1.165) is 18.8 Å². The van der Waals surface area contributed by atoms with Crippen LogP contribution in [-0.4, -0.2) is 30.4 Å². The zero-order valence-electron chi connectivity index (χ0n) is 9.62. The van der Waals surface area contributed by atoms with Crippen molar-refractivity contribution in [3.8, 4) is 0 Å². The molecular formula is C10H19N3O2. The molecule has 0 aliphatic carbocycles. The number of ether oxygens (including phenoxy) is 1. The number of hydrogen-bond donors (Lipinski definition) is 1. The molecule has 5 nitrogen and oxygen atoms in total. The Kier molecular flexibility index (Phi) is 5.28. The van der Waals surface area contributed by atoms with E-state index in [0.29, 0.717) is 25.0 Å². The van der Waals surface area contributed by atoms with Gasteiger partial charge in [0.05, 0.1) is 13.2 Å². The molecule has 0 bridgehead atoms. The van der Waals surface area contributed by atoms with Gasteiger partial charge in [-0.05, 0) is 6.42 Å². The summed E-state index contributed by atoms with van der Waals surface area (Å²) in [4.78, 5) is 4.30. The maximum Gasteiger partial charge on any atom is 0.240 e. The predicted molar refractivity (Wildman–Crippen MR) is 56.6 cm³/mol. The molecule has 0 aliphatic heterocycles. The van der Waals surface area contributed by atoms with Gasteiger partial charge in [-0.2, -0.15) is 4.98 Å². The summed E-state index contributed by atoms with van der Waals surface area (Å²) in [6.07, 6.45) is 1.02. The fourth-order valence-electron chi connectivity index (χ4n) is 1.09. The number of methoxy groups -OCH3 is 1. The largest absolute Gasteiger partial charge is 0.383 e. The molecule has 1 N–H and O–H groups in total. The summed E-state index contributed by atoms with van der Waals surface area (Å²) in [6, 6.07) is 0. The van der Waals surface area contributed by atoms with E-state index in [1.165, 1.54) is 0 Å². The Hall–Kier alpha value is -0.940. The standard InChI is InChI=1S/C10H19N3O2/c1-4-8(2)10-12-9(15-13-10)7-11-5-6-14-3/h8,11H,4-7H2,1-3H3. The summed E-state index contributed by atoms with van der Waals surface area (Å²) in [5.41, 5.74) is 0. The Labute approximate surface area is 90.2 Å². The highest BCUT2D eigenvalue weighted by atomic mass is 16.5. The zero-order valence-corrected chi connectivity index (χ0v) is 9.62. The van der Waals surface area contributed by atoms with Crippen molar-refractivity contribution in [2.75, 3.05) is 20.3 Å². The van der Waals surface area contributed by atoms with E-state index in [4.69, 9.17) is 9.26 Å². The summed E-state index contributed by atoms with van der Waals surface area (Å²) in [5, 5.41) is 7.08. The first-order valence-corrected chi connectivity index (χ1v) is 5.30. The molecule has 1 rings (SSSR count). The van der Waals surface area contributed by atoms with Gasteiger partial charge in [-0.25, -0.2) is 0 Å². The molecule has 0 radical (unpaired) electrons. The lowest BCUT2D eigenvalue weighted by Crippen LogP contribution is -2.18. The van der Waals surface area contributed by atoms with Gasteiger partial charge in [-0.15, -0.1) is 0 Å². The number of hydrogen-bond acceptors (Lipinski definition) is 5. The van der Waals surface area contributed by atoms with E-state index in [9.17, 15) is 0 Å². The van der Waals surface area contributed by atoms with Crippen LogP contribution in [0, 0.1) is 0 Å². The molecular weight excluding hydrogens is 194 g/mol. The molecule has 1 heterocycles. The van der Waals surface area contributed by atoms with Crippen molar-refractivity contribution < 1.29 is 9.26 Å². The lowest BCUT2D eigenvalue weighted by atomic mass is 10.1. The van der Waals surface area contributed by atoms with Gasteiger partial charge in [0.1, 0.15) is 0 Å². The molecule has 1 unspecified atom stereocenters. The smallest absolute Gasteiger partial charge is 0.240 e. The third-order valence-corrected chi connectivity index (χ3v) is 2.30. The van der Waals surface area contributed by atoms with Crippen LogP contribution < -0.4 is 5.32 Å². The Balaban J connectivity index is 2.33. The first-order chi connectivity index (χ1) is 7.27. The third-order valence-electron chi connectivity index (χ3n) is 2.30. The minimum atomic E-state index is 0.362. The summed E-state index contributed by atoms with van der Waals surface area (Å²) in [6.45, 7) is 6.28. The van der Waals surface area contributed by atoms with Crippen molar-refractivity contribution >= 4 is 0 Å². The summed E-state index contributed by atoms with van der Waals surface area (Å²) in [7, 11) is 1.68. The first kappa shape index (κ1) is 12.1. The van der Waals surface area contributed by atoms with Crippen molar-refractivity contribution in [1.29, 1.82) is 0 Å². The molecule has 0 aromatic carbocycles. The molecule has 86 valence electrons. The van der Waals surface area contributed by atoms with Crippen LogP contribution >= 0.6 is 0 Å². The molecule has 0 aliphatic rings. The van der Waals surface area contributed by atoms with Crippen molar-refractivity contribution in [1.82, 2.24) is 15.5 Å². The van der Waals surface area contributed by atoms with Crippen LogP contribution in [-0.2, 0) is 11.3 Å². The monoisotopic (exact) mass is 213 g/mol. The molecule has 1 aromatic heterocycles. The second kappa shape index (κ2) is 6.53. The Morgan fingerprint density at radius 2 is 2.33 bits per heavy atom. The topological polar surface area (TPSA) is 60.2 Å². The fourth-order valence-corrected chi connectivity index (χ4v) is 1.09. The van der Waals surface area contributed by atoms with Crippen LogP contribution in [0.15, 0.2) is 4.52 Å². The van der Waals surface area contributed by atoms with E-state index in [2.05, 4.69) is 29.3 Å². The van der Waals surface area contributed by atoms with E-state index >= 15 is 0 Å².